The molecule has 1 heterocycles. The highest BCUT2D eigenvalue weighted by atomic mass is 16.6. The molecule has 0 radical (unpaired) electrons. The van der Waals surface area contributed by atoms with E-state index in [-0.39, 0.29) is 5.69 Å². The molecule has 0 bridgehead atoms. The zero-order chi connectivity index (χ0) is 15.8. The van der Waals surface area contributed by atoms with Crippen LogP contribution in [0.5, 0.6) is 0 Å². The van der Waals surface area contributed by atoms with Crippen molar-refractivity contribution in [3.8, 4) is 0 Å². The highest BCUT2D eigenvalue weighted by Gasteiger charge is 2.46. The van der Waals surface area contributed by atoms with Gasteiger partial charge in [0.05, 0.1) is 4.92 Å². The smallest absolute Gasteiger partial charge is 0.329 e. The number of rotatable bonds is 3. The molecule has 1 fully saturated rings. The molecule has 1 aromatic carbocycles. The third-order valence-electron chi connectivity index (χ3n) is 4.00. The minimum atomic E-state index is -1.22. The number of amides is 1. The summed E-state index contributed by atoms with van der Waals surface area (Å²) in [6.45, 7) is 3.51. The van der Waals surface area contributed by atoms with Gasteiger partial charge >= 0.3 is 5.97 Å². The number of non-ortho nitro benzene ring substituents is 1. The summed E-state index contributed by atoms with van der Waals surface area (Å²) in [4.78, 5) is 35.5. The van der Waals surface area contributed by atoms with E-state index in [1.807, 2.05) is 0 Å². The van der Waals surface area contributed by atoms with E-state index in [0.717, 1.165) is 0 Å². The van der Waals surface area contributed by atoms with Crippen molar-refractivity contribution in [1.29, 1.82) is 0 Å². The summed E-state index contributed by atoms with van der Waals surface area (Å²) in [5.41, 5.74) is -0.541. The molecule has 1 N–H and O–H groups in total. The van der Waals surface area contributed by atoms with Crippen LogP contribution in [0.15, 0.2) is 18.2 Å². The molecule has 112 valence electrons. The molecule has 1 atom stereocenters. The molecule has 7 nitrogen and oxygen atoms in total. The van der Waals surface area contributed by atoms with Gasteiger partial charge in [-0.15, -0.1) is 0 Å². The van der Waals surface area contributed by atoms with Crippen molar-refractivity contribution in [2.45, 2.75) is 32.2 Å². The number of aliphatic carboxylic acids is 1. The molecular weight excluding hydrogens is 276 g/mol. The summed E-state index contributed by atoms with van der Waals surface area (Å²) in [7, 11) is 0. The zero-order valence-electron chi connectivity index (χ0n) is 11.8. The van der Waals surface area contributed by atoms with E-state index in [1.54, 1.807) is 6.92 Å². The number of hydrogen-bond donors (Lipinski definition) is 1. The lowest BCUT2D eigenvalue weighted by Gasteiger charge is -2.31. The Morgan fingerprint density at radius 1 is 1.43 bits per heavy atom. The molecule has 21 heavy (non-hydrogen) atoms. The maximum Gasteiger partial charge on any atom is 0.329 e. The third-order valence-corrected chi connectivity index (χ3v) is 4.00. The lowest BCUT2D eigenvalue weighted by molar-refractivity contribution is -0.384. The average molecular weight is 292 g/mol. The molecule has 1 aromatic rings. The normalized spacial score (nSPS) is 21.3. The molecule has 1 amide bonds. The lowest BCUT2D eigenvalue weighted by Crippen LogP contribution is -2.50. The number of nitrogens with zero attached hydrogens (tertiary/aromatic N) is 2. The van der Waals surface area contributed by atoms with E-state index in [0.29, 0.717) is 30.5 Å². The molecule has 1 aliphatic heterocycles. The Balaban J connectivity index is 2.36. The zero-order valence-corrected chi connectivity index (χ0v) is 11.8. The van der Waals surface area contributed by atoms with Crippen LogP contribution in [0.2, 0.25) is 0 Å². The number of nitro benzene ring substituents is 1. The molecule has 0 spiro atoms. The highest BCUT2D eigenvalue weighted by Crippen LogP contribution is 2.31. The molecule has 1 saturated heterocycles. The largest absolute Gasteiger partial charge is 0.480 e. The average Bonchev–Trinajstić information content (AvgIpc) is 2.81. The summed E-state index contributed by atoms with van der Waals surface area (Å²) in [6.07, 6.45) is 1.03. The predicted molar refractivity (Wildman–Crippen MR) is 74.1 cm³/mol. The van der Waals surface area contributed by atoms with Crippen molar-refractivity contribution < 1.29 is 19.6 Å². The monoisotopic (exact) mass is 292 g/mol. The molecule has 0 aromatic heterocycles. The number of likely N-dealkylation sites (tertiary alicyclic amines) is 1. The van der Waals surface area contributed by atoms with Gasteiger partial charge in [0.25, 0.3) is 11.6 Å². The predicted octanol–water partition coefficient (Wildman–Crippen LogP) is 1.98. The number of carboxylic acid groups (broad SMARTS) is 1. The standard InChI is InChI=1S/C14H16N2O5/c1-9-8-10(16(20)21)4-5-11(9)12(17)15-7-3-6-14(15,2)13(18)19/h4-5,8H,3,6-7H2,1-2H3,(H,18,19). The fourth-order valence-electron chi connectivity index (χ4n) is 2.66. The van der Waals surface area contributed by atoms with Crippen LogP contribution < -0.4 is 0 Å². The van der Waals surface area contributed by atoms with E-state index in [9.17, 15) is 24.8 Å². The Bertz CT molecular complexity index is 628. The summed E-state index contributed by atoms with van der Waals surface area (Å²) >= 11 is 0. The van der Waals surface area contributed by atoms with Gasteiger partial charge in [-0.05, 0) is 38.3 Å². The second-order valence-electron chi connectivity index (χ2n) is 5.40. The molecule has 2 rings (SSSR count). The SMILES string of the molecule is Cc1cc([N+](=O)[O-])ccc1C(=O)N1CCCC1(C)C(=O)O. The maximum absolute atomic E-state index is 12.6. The van der Waals surface area contributed by atoms with Gasteiger partial charge in [0, 0.05) is 24.2 Å². The molecule has 1 unspecified atom stereocenters. The number of carbonyl (C=O) groups excluding carboxylic acids is 1. The minimum absolute atomic E-state index is 0.0912. The number of hydrogen-bond acceptors (Lipinski definition) is 4. The fraction of sp³-hybridized carbons (Fsp3) is 0.429. The van der Waals surface area contributed by atoms with E-state index < -0.39 is 22.3 Å². The first-order valence-corrected chi connectivity index (χ1v) is 6.58. The number of aryl methyl sites for hydroxylation is 1. The van der Waals surface area contributed by atoms with E-state index in [1.165, 1.54) is 30.0 Å². The topological polar surface area (TPSA) is 101 Å². The molecule has 0 aliphatic carbocycles. The number of benzene rings is 1. The van der Waals surface area contributed by atoms with Crippen molar-refractivity contribution in [3.63, 3.8) is 0 Å². The van der Waals surface area contributed by atoms with Gasteiger partial charge in [-0.2, -0.15) is 0 Å². The molecule has 7 heteroatoms. The van der Waals surface area contributed by atoms with Crippen LogP contribution in [-0.4, -0.2) is 38.9 Å². The van der Waals surface area contributed by atoms with Crippen LogP contribution in [0.25, 0.3) is 0 Å². The quantitative estimate of drug-likeness (QED) is 0.678. The second kappa shape index (κ2) is 5.16. The maximum atomic E-state index is 12.6. The van der Waals surface area contributed by atoms with Crippen molar-refractivity contribution in [1.82, 2.24) is 4.90 Å². The number of nitro groups is 1. The van der Waals surface area contributed by atoms with Crippen LogP contribution in [0.1, 0.15) is 35.7 Å². The van der Waals surface area contributed by atoms with Gasteiger partial charge < -0.3 is 10.0 Å². The summed E-state index contributed by atoms with van der Waals surface area (Å²) in [5.74, 6) is -1.43. The third kappa shape index (κ3) is 2.46. The molecule has 1 aliphatic rings. The van der Waals surface area contributed by atoms with E-state index in [4.69, 9.17) is 0 Å². The number of carbonyl (C=O) groups is 2. The second-order valence-corrected chi connectivity index (χ2v) is 5.40. The molecular formula is C14H16N2O5. The van der Waals surface area contributed by atoms with Crippen LogP contribution >= 0.6 is 0 Å². The van der Waals surface area contributed by atoms with E-state index in [2.05, 4.69) is 0 Å². The first-order chi connectivity index (χ1) is 9.77. The Hall–Kier alpha value is -2.44. The van der Waals surface area contributed by atoms with E-state index >= 15 is 0 Å². The van der Waals surface area contributed by atoms with Crippen molar-refractivity contribution in [2.24, 2.45) is 0 Å². The van der Waals surface area contributed by atoms with Crippen molar-refractivity contribution >= 4 is 17.6 Å². The van der Waals surface area contributed by atoms with Gasteiger partial charge in [-0.1, -0.05) is 0 Å². The van der Waals surface area contributed by atoms with Crippen LogP contribution in [-0.2, 0) is 4.79 Å². The minimum Gasteiger partial charge on any atom is -0.480 e. The van der Waals surface area contributed by atoms with Crippen molar-refractivity contribution in [2.75, 3.05) is 6.54 Å². The van der Waals surface area contributed by atoms with Crippen molar-refractivity contribution in [3.05, 3.63) is 39.4 Å². The Morgan fingerprint density at radius 3 is 2.62 bits per heavy atom. The van der Waals surface area contributed by atoms with Gasteiger partial charge in [-0.25, -0.2) is 4.79 Å². The van der Waals surface area contributed by atoms with Gasteiger partial charge in [0.2, 0.25) is 0 Å². The highest BCUT2D eigenvalue weighted by molar-refractivity contribution is 5.99. The fourth-order valence-corrected chi connectivity index (χ4v) is 2.66. The Labute approximate surface area is 121 Å². The first kappa shape index (κ1) is 15.0. The summed E-state index contributed by atoms with van der Waals surface area (Å²) in [5, 5.41) is 20.1. The van der Waals surface area contributed by atoms with Gasteiger partial charge in [-0.3, -0.25) is 14.9 Å². The summed E-state index contributed by atoms with van der Waals surface area (Å²) < 4.78 is 0. The lowest BCUT2D eigenvalue weighted by atomic mass is 9.97. The summed E-state index contributed by atoms with van der Waals surface area (Å²) in [6, 6.07) is 3.96. The van der Waals surface area contributed by atoms with Gasteiger partial charge in [0.1, 0.15) is 5.54 Å². The van der Waals surface area contributed by atoms with Gasteiger partial charge in [0.15, 0.2) is 0 Å². The Morgan fingerprint density at radius 2 is 2.10 bits per heavy atom. The first-order valence-electron chi connectivity index (χ1n) is 6.58. The van der Waals surface area contributed by atoms with Crippen LogP contribution in [0.4, 0.5) is 5.69 Å². The Kier molecular flexibility index (Phi) is 3.67. The number of carboxylic acids is 1. The van der Waals surface area contributed by atoms with Crippen LogP contribution in [0.3, 0.4) is 0 Å². The molecule has 0 saturated carbocycles. The van der Waals surface area contributed by atoms with Crippen LogP contribution in [0, 0.1) is 17.0 Å².